The lowest BCUT2D eigenvalue weighted by Gasteiger charge is -2.42. The Kier molecular flexibility index (Phi) is 5.48. The van der Waals surface area contributed by atoms with E-state index in [0.717, 1.165) is 0 Å². The summed E-state index contributed by atoms with van der Waals surface area (Å²) in [6.07, 6.45) is -12.8. The summed E-state index contributed by atoms with van der Waals surface area (Å²) >= 11 is 0. The highest BCUT2D eigenvalue weighted by Gasteiger charge is 2.53. The standard InChI is InChI=1S/C6H14O12P2/c7-1-2(8)4(10)6(18-20(14,15)16)5(3(1)9)17-19(11,12)13/h1-10H,(H2,11,12,13)(H2,14,15,16). The van der Waals surface area contributed by atoms with Crippen LogP contribution in [0.1, 0.15) is 0 Å². The summed E-state index contributed by atoms with van der Waals surface area (Å²) in [5, 5.41) is 37.8. The molecule has 1 aliphatic rings. The zero-order valence-electron chi connectivity index (χ0n) is 9.57. The zero-order chi connectivity index (χ0) is 15.9. The fourth-order valence-corrected chi connectivity index (χ4v) is 2.87. The molecule has 0 spiro atoms. The van der Waals surface area contributed by atoms with Gasteiger partial charge in [-0.05, 0) is 0 Å². The van der Waals surface area contributed by atoms with Gasteiger partial charge in [-0.25, -0.2) is 9.13 Å². The van der Waals surface area contributed by atoms with E-state index in [-0.39, 0.29) is 0 Å². The van der Waals surface area contributed by atoms with Crippen molar-refractivity contribution in [1.82, 2.24) is 0 Å². The van der Waals surface area contributed by atoms with Gasteiger partial charge in [-0.2, -0.15) is 0 Å². The molecule has 120 valence electrons. The lowest BCUT2D eigenvalue weighted by Crippen LogP contribution is -2.64. The molecule has 1 fully saturated rings. The number of aliphatic hydroxyl groups is 4. The smallest absolute Gasteiger partial charge is 0.387 e. The second-order valence-corrected chi connectivity index (χ2v) is 6.47. The van der Waals surface area contributed by atoms with E-state index in [4.69, 9.17) is 19.6 Å². The van der Waals surface area contributed by atoms with Gasteiger partial charge in [0.1, 0.15) is 36.6 Å². The molecule has 1 rings (SSSR count). The molecule has 0 heterocycles. The fourth-order valence-electron chi connectivity index (χ4n) is 1.74. The van der Waals surface area contributed by atoms with Crippen molar-refractivity contribution in [1.29, 1.82) is 0 Å². The lowest BCUT2D eigenvalue weighted by atomic mass is 9.85. The largest absolute Gasteiger partial charge is 0.470 e. The molecule has 0 saturated heterocycles. The molecule has 0 amide bonds. The Morgan fingerprint density at radius 1 is 0.600 bits per heavy atom. The minimum Gasteiger partial charge on any atom is -0.387 e. The van der Waals surface area contributed by atoms with Crippen LogP contribution >= 0.6 is 15.6 Å². The third-order valence-corrected chi connectivity index (χ3v) is 3.60. The van der Waals surface area contributed by atoms with Gasteiger partial charge in [0.25, 0.3) is 0 Å². The van der Waals surface area contributed by atoms with E-state index in [0.29, 0.717) is 0 Å². The SMILES string of the molecule is O=P(O)(O)OC1C(O)C(O)C(O)C(O)C1OP(=O)(O)O. The van der Waals surface area contributed by atoms with Gasteiger partial charge in [0, 0.05) is 0 Å². The maximum absolute atomic E-state index is 10.7. The summed E-state index contributed by atoms with van der Waals surface area (Å²) < 4.78 is 29.6. The molecule has 6 atom stereocenters. The summed E-state index contributed by atoms with van der Waals surface area (Å²) in [5.41, 5.74) is 0. The topological polar surface area (TPSA) is 214 Å². The number of phosphoric acid groups is 2. The van der Waals surface area contributed by atoms with Gasteiger partial charge in [0.15, 0.2) is 0 Å². The number of rotatable bonds is 4. The van der Waals surface area contributed by atoms with Crippen LogP contribution in [0.5, 0.6) is 0 Å². The molecular formula is C6H14O12P2. The Labute approximate surface area is 111 Å². The fraction of sp³-hybridized carbons (Fsp3) is 1.00. The van der Waals surface area contributed by atoms with E-state index in [1.807, 2.05) is 0 Å². The van der Waals surface area contributed by atoms with Gasteiger partial charge in [-0.3, -0.25) is 9.05 Å². The van der Waals surface area contributed by atoms with Gasteiger partial charge < -0.3 is 40.0 Å². The second kappa shape index (κ2) is 6.05. The van der Waals surface area contributed by atoms with Crippen molar-refractivity contribution in [3.8, 4) is 0 Å². The quantitative estimate of drug-likeness (QED) is 0.233. The van der Waals surface area contributed by atoms with E-state index in [2.05, 4.69) is 9.05 Å². The maximum atomic E-state index is 10.7. The molecule has 6 unspecified atom stereocenters. The van der Waals surface area contributed by atoms with Crippen molar-refractivity contribution >= 4 is 15.6 Å². The first-order valence-electron chi connectivity index (χ1n) is 5.03. The molecule has 0 bridgehead atoms. The number of aliphatic hydroxyl groups excluding tert-OH is 4. The van der Waals surface area contributed by atoms with Crippen LogP contribution in [0.4, 0.5) is 0 Å². The highest BCUT2D eigenvalue weighted by Crippen LogP contribution is 2.46. The van der Waals surface area contributed by atoms with Crippen LogP contribution in [0.2, 0.25) is 0 Å². The molecule has 0 aromatic heterocycles. The first-order valence-corrected chi connectivity index (χ1v) is 8.10. The molecule has 14 heteroatoms. The van der Waals surface area contributed by atoms with Crippen LogP contribution in [0, 0.1) is 0 Å². The molecular weight excluding hydrogens is 326 g/mol. The average molecular weight is 340 g/mol. The van der Waals surface area contributed by atoms with E-state index < -0.39 is 52.3 Å². The Bertz CT molecular complexity index is 388. The van der Waals surface area contributed by atoms with Gasteiger partial charge in [0.2, 0.25) is 0 Å². The van der Waals surface area contributed by atoms with E-state index in [1.54, 1.807) is 0 Å². The third-order valence-electron chi connectivity index (χ3n) is 2.56. The highest BCUT2D eigenvalue weighted by molar-refractivity contribution is 7.46. The number of hydrogen-bond acceptors (Lipinski definition) is 8. The van der Waals surface area contributed by atoms with Crippen molar-refractivity contribution in [2.75, 3.05) is 0 Å². The van der Waals surface area contributed by atoms with Crippen LogP contribution in [0.3, 0.4) is 0 Å². The molecule has 0 aromatic rings. The lowest BCUT2D eigenvalue weighted by molar-refractivity contribution is -0.216. The van der Waals surface area contributed by atoms with Crippen LogP contribution in [0.25, 0.3) is 0 Å². The Balaban J connectivity index is 3.09. The number of hydrogen-bond donors (Lipinski definition) is 8. The third kappa shape index (κ3) is 4.53. The molecule has 0 aliphatic heterocycles. The van der Waals surface area contributed by atoms with E-state index >= 15 is 0 Å². The second-order valence-electron chi connectivity index (χ2n) is 4.08. The number of phosphoric ester groups is 2. The van der Waals surface area contributed by atoms with Gasteiger partial charge in [-0.15, -0.1) is 0 Å². The van der Waals surface area contributed by atoms with E-state index in [9.17, 15) is 29.6 Å². The van der Waals surface area contributed by atoms with Crippen molar-refractivity contribution in [2.24, 2.45) is 0 Å². The summed E-state index contributed by atoms with van der Waals surface area (Å²) in [6, 6.07) is 0. The van der Waals surface area contributed by atoms with Gasteiger partial charge >= 0.3 is 15.6 Å². The van der Waals surface area contributed by atoms with Crippen molar-refractivity contribution in [3.63, 3.8) is 0 Å². The maximum Gasteiger partial charge on any atom is 0.470 e. The monoisotopic (exact) mass is 340 g/mol. The zero-order valence-corrected chi connectivity index (χ0v) is 11.4. The molecule has 8 N–H and O–H groups in total. The van der Waals surface area contributed by atoms with Crippen LogP contribution in [-0.4, -0.2) is 76.6 Å². The summed E-state index contributed by atoms with van der Waals surface area (Å²) in [5.74, 6) is 0. The normalized spacial score (nSPS) is 39.8. The minimum atomic E-state index is -5.24. The van der Waals surface area contributed by atoms with Gasteiger partial charge in [-0.1, -0.05) is 0 Å². The van der Waals surface area contributed by atoms with Crippen molar-refractivity contribution in [2.45, 2.75) is 36.6 Å². The molecule has 1 saturated carbocycles. The minimum absolute atomic E-state index is 2.07. The molecule has 12 nitrogen and oxygen atoms in total. The molecule has 20 heavy (non-hydrogen) atoms. The first kappa shape index (κ1) is 18.1. The highest BCUT2D eigenvalue weighted by atomic mass is 31.2. The Morgan fingerprint density at radius 2 is 0.850 bits per heavy atom. The predicted molar refractivity (Wildman–Crippen MR) is 57.9 cm³/mol. The molecule has 0 radical (unpaired) electrons. The van der Waals surface area contributed by atoms with Crippen molar-refractivity contribution < 1.29 is 58.2 Å². The van der Waals surface area contributed by atoms with Gasteiger partial charge in [0.05, 0.1) is 0 Å². The van der Waals surface area contributed by atoms with Crippen molar-refractivity contribution in [3.05, 3.63) is 0 Å². The average Bonchev–Trinajstić information content (AvgIpc) is 2.25. The van der Waals surface area contributed by atoms with Crippen LogP contribution < -0.4 is 0 Å². The van der Waals surface area contributed by atoms with Crippen LogP contribution in [-0.2, 0) is 18.2 Å². The molecule has 0 aromatic carbocycles. The van der Waals surface area contributed by atoms with Crippen LogP contribution in [0.15, 0.2) is 0 Å². The predicted octanol–water partition coefficient (Wildman–Crippen LogP) is -3.60. The molecule has 1 aliphatic carbocycles. The Hall–Kier alpha value is 0.0600. The summed E-state index contributed by atoms with van der Waals surface area (Å²) in [4.78, 5) is 34.6. The summed E-state index contributed by atoms with van der Waals surface area (Å²) in [7, 11) is -10.5. The Morgan fingerprint density at radius 3 is 1.05 bits per heavy atom. The van der Waals surface area contributed by atoms with E-state index in [1.165, 1.54) is 0 Å². The first-order chi connectivity index (χ1) is 8.83. The summed E-state index contributed by atoms with van der Waals surface area (Å²) in [6.45, 7) is 0.